The zero-order valence-corrected chi connectivity index (χ0v) is 10.9. The molecule has 0 aliphatic rings. The van der Waals surface area contributed by atoms with Crippen LogP contribution < -0.4 is 5.32 Å². The molecule has 5 nitrogen and oxygen atoms in total. The zero-order valence-electron chi connectivity index (χ0n) is 10.9. The number of pyridine rings is 1. The quantitative estimate of drug-likeness (QED) is 0.772. The van der Waals surface area contributed by atoms with Gasteiger partial charge in [-0.2, -0.15) is 5.10 Å². The highest BCUT2D eigenvalue weighted by Crippen LogP contribution is 2.24. The molecular formula is C14H15N5. The number of hydrogen-bond donors (Lipinski definition) is 1. The second-order valence-corrected chi connectivity index (χ2v) is 4.46. The Bertz CT molecular complexity index is 686. The van der Waals surface area contributed by atoms with Crippen LogP contribution in [0.2, 0.25) is 0 Å². The summed E-state index contributed by atoms with van der Waals surface area (Å²) < 4.78 is 1.83. The van der Waals surface area contributed by atoms with Crippen molar-refractivity contribution in [2.75, 3.05) is 7.05 Å². The molecule has 0 aliphatic heterocycles. The van der Waals surface area contributed by atoms with Crippen molar-refractivity contribution < 1.29 is 0 Å². The van der Waals surface area contributed by atoms with E-state index >= 15 is 0 Å². The number of rotatable bonds is 3. The van der Waals surface area contributed by atoms with Crippen LogP contribution in [-0.2, 0) is 0 Å². The molecule has 3 heterocycles. The Morgan fingerprint density at radius 1 is 1.21 bits per heavy atom. The average molecular weight is 253 g/mol. The molecule has 1 N–H and O–H groups in total. The van der Waals surface area contributed by atoms with Gasteiger partial charge in [-0.15, -0.1) is 0 Å². The summed E-state index contributed by atoms with van der Waals surface area (Å²) in [6.07, 6.45) is 9.17. The van der Waals surface area contributed by atoms with Gasteiger partial charge in [-0.05, 0) is 25.6 Å². The minimum absolute atomic E-state index is 0.0646. The second kappa shape index (κ2) is 4.78. The highest BCUT2D eigenvalue weighted by molar-refractivity contribution is 5.55. The Labute approximate surface area is 111 Å². The van der Waals surface area contributed by atoms with E-state index in [1.165, 1.54) is 0 Å². The first kappa shape index (κ1) is 11.8. The number of aromatic nitrogens is 4. The van der Waals surface area contributed by atoms with Gasteiger partial charge in [0.05, 0.1) is 24.0 Å². The van der Waals surface area contributed by atoms with E-state index in [0.29, 0.717) is 0 Å². The van der Waals surface area contributed by atoms with Crippen molar-refractivity contribution in [2.24, 2.45) is 0 Å². The molecule has 0 fully saturated rings. The standard InChI is InChI=1S/C14H15N5/c1-10-3-4-11(7-17-10)14(15-2)12-8-18-19-6-5-16-9-13(12)19/h3-9,14-15H,1-2H3. The van der Waals surface area contributed by atoms with E-state index in [0.717, 1.165) is 22.3 Å². The summed E-state index contributed by atoms with van der Waals surface area (Å²) in [6, 6.07) is 4.17. The molecule has 3 aromatic heterocycles. The summed E-state index contributed by atoms with van der Waals surface area (Å²) in [7, 11) is 1.93. The number of fused-ring (bicyclic) bond motifs is 1. The maximum Gasteiger partial charge on any atom is 0.0896 e. The van der Waals surface area contributed by atoms with E-state index in [2.05, 4.69) is 26.4 Å². The SMILES string of the molecule is CNC(c1ccc(C)nc1)c1cnn2ccncc12. The van der Waals surface area contributed by atoms with Crippen LogP contribution in [0.25, 0.3) is 5.52 Å². The molecule has 1 atom stereocenters. The molecule has 0 aromatic carbocycles. The first-order chi connectivity index (χ1) is 9.29. The highest BCUT2D eigenvalue weighted by atomic mass is 15.2. The van der Waals surface area contributed by atoms with Gasteiger partial charge in [0, 0.05) is 29.8 Å². The van der Waals surface area contributed by atoms with E-state index in [4.69, 9.17) is 0 Å². The van der Waals surface area contributed by atoms with Gasteiger partial charge in [0.2, 0.25) is 0 Å². The zero-order chi connectivity index (χ0) is 13.2. The third-order valence-corrected chi connectivity index (χ3v) is 3.22. The summed E-state index contributed by atoms with van der Waals surface area (Å²) >= 11 is 0. The lowest BCUT2D eigenvalue weighted by molar-refractivity contribution is 0.692. The molecule has 0 saturated heterocycles. The Morgan fingerprint density at radius 2 is 2.11 bits per heavy atom. The third-order valence-electron chi connectivity index (χ3n) is 3.22. The summed E-state index contributed by atoms with van der Waals surface area (Å²) in [4.78, 5) is 8.52. The normalized spacial score (nSPS) is 12.7. The third kappa shape index (κ3) is 2.08. The Kier molecular flexibility index (Phi) is 2.97. The van der Waals surface area contributed by atoms with Gasteiger partial charge >= 0.3 is 0 Å². The van der Waals surface area contributed by atoms with Crippen molar-refractivity contribution in [1.29, 1.82) is 0 Å². The van der Waals surface area contributed by atoms with Crippen LogP contribution in [0.1, 0.15) is 22.9 Å². The van der Waals surface area contributed by atoms with Crippen molar-refractivity contribution >= 4 is 5.52 Å². The van der Waals surface area contributed by atoms with Gasteiger partial charge in [0.15, 0.2) is 0 Å². The van der Waals surface area contributed by atoms with E-state index in [-0.39, 0.29) is 6.04 Å². The molecule has 19 heavy (non-hydrogen) atoms. The molecule has 0 amide bonds. The topological polar surface area (TPSA) is 55.1 Å². The fourth-order valence-electron chi connectivity index (χ4n) is 2.23. The van der Waals surface area contributed by atoms with Crippen molar-refractivity contribution in [2.45, 2.75) is 13.0 Å². The van der Waals surface area contributed by atoms with Crippen molar-refractivity contribution in [3.05, 3.63) is 59.9 Å². The Balaban J connectivity index is 2.09. The molecule has 0 bridgehead atoms. The van der Waals surface area contributed by atoms with Gasteiger partial charge in [-0.1, -0.05) is 6.07 Å². The van der Waals surface area contributed by atoms with Crippen LogP contribution in [0, 0.1) is 6.92 Å². The minimum Gasteiger partial charge on any atom is -0.309 e. The molecule has 5 heteroatoms. The number of aryl methyl sites for hydroxylation is 1. The minimum atomic E-state index is 0.0646. The first-order valence-electron chi connectivity index (χ1n) is 6.16. The van der Waals surface area contributed by atoms with Crippen molar-refractivity contribution in [3.8, 4) is 0 Å². The summed E-state index contributed by atoms with van der Waals surface area (Å²) in [5.74, 6) is 0. The van der Waals surface area contributed by atoms with Crippen LogP contribution in [0.15, 0.2) is 43.1 Å². The summed E-state index contributed by atoms with van der Waals surface area (Å²) in [6.45, 7) is 1.98. The number of hydrogen-bond acceptors (Lipinski definition) is 4. The van der Waals surface area contributed by atoms with Gasteiger partial charge in [-0.3, -0.25) is 9.97 Å². The predicted molar refractivity (Wildman–Crippen MR) is 72.9 cm³/mol. The molecule has 0 saturated carbocycles. The van der Waals surface area contributed by atoms with Crippen LogP contribution in [0.4, 0.5) is 0 Å². The fraction of sp³-hybridized carbons (Fsp3) is 0.214. The molecule has 0 radical (unpaired) electrons. The average Bonchev–Trinajstić information content (AvgIpc) is 2.86. The Morgan fingerprint density at radius 3 is 2.84 bits per heavy atom. The molecule has 0 aliphatic carbocycles. The maximum absolute atomic E-state index is 4.36. The van der Waals surface area contributed by atoms with Gasteiger partial charge in [0.1, 0.15) is 0 Å². The monoisotopic (exact) mass is 253 g/mol. The molecule has 3 aromatic rings. The fourth-order valence-corrected chi connectivity index (χ4v) is 2.23. The van der Waals surface area contributed by atoms with E-state index < -0.39 is 0 Å². The van der Waals surface area contributed by atoms with E-state index in [1.807, 2.05) is 49.3 Å². The van der Waals surface area contributed by atoms with Crippen LogP contribution in [-0.4, -0.2) is 26.6 Å². The smallest absolute Gasteiger partial charge is 0.0896 e. The molecule has 96 valence electrons. The summed E-state index contributed by atoms with van der Waals surface area (Å²) in [5.41, 5.74) is 4.23. The largest absolute Gasteiger partial charge is 0.309 e. The lowest BCUT2D eigenvalue weighted by Gasteiger charge is -2.15. The lowest BCUT2D eigenvalue weighted by Crippen LogP contribution is -2.17. The molecular weight excluding hydrogens is 238 g/mol. The van der Waals surface area contributed by atoms with Crippen LogP contribution in [0.5, 0.6) is 0 Å². The van der Waals surface area contributed by atoms with Crippen LogP contribution in [0.3, 0.4) is 0 Å². The van der Waals surface area contributed by atoms with Gasteiger partial charge in [0.25, 0.3) is 0 Å². The van der Waals surface area contributed by atoms with Crippen molar-refractivity contribution in [3.63, 3.8) is 0 Å². The number of nitrogens with one attached hydrogen (secondary N) is 1. The number of nitrogens with zero attached hydrogens (tertiary/aromatic N) is 4. The maximum atomic E-state index is 4.36. The molecule has 0 spiro atoms. The molecule has 3 rings (SSSR count). The van der Waals surface area contributed by atoms with E-state index in [9.17, 15) is 0 Å². The first-order valence-corrected chi connectivity index (χ1v) is 6.16. The predicted octanol–water partition coefficient (Wildman–Crippen LogP) is 1.74. The van der Waals surface area contributed by atoms with Gasteiger partial charge in [-0.25, -0.2) is 4.52 Å². The van der Waals surface area contributed by atoms with Crippen LogP contribution >= 0.6 is 0 Å². The summed E-state index contributed by atoms with van der Waals surface area (Å²) in [5, 5.41) is 7.66. The second-order valence-electron chi connectivity index (χ2n) is 4.46. The van der Waals surface area contributed by atoms with E-state index in [1.54, 1.807) is 6.20 Å². The van der Waals surface area contributed by atoms with Crippen molar-refractivity contribution in [1.82, 2.24) is 24.9 Å². The highest BCUT2D eigenvalue weighted by Gasteiger charge is 2.17. The Hall–Kier alpha value is -2.27. The lowest BCUT2D eigenvalue weighted by atomic mass is 10.0. The van der Waals surface area contributed by atoms with Gasteiger partial charge < -0.3 is 5.32 Å². The molecule has 1 unspecified atom stereocenters.